The molecule has 0 unspecified atom stereocenters. The monoisotopic (exact) mass is 522 g/mol. The van der Waals surface area contributed by atoms with Crippen molar-refractivity contribution >= 4 is 34.6 Å². The number of thioether (sulfide) groups is 1. The molecule has 0 heterocycles. The van der Waals surface area contributed by atoms with E-state index in [9.17, 15) is 9.59 Å². The Morgan fingerprint density at radius 1 is 0.757 bits per heavy atom. The number of ether oxygens (including phenoxy) is 4. The third-order valence-corrected chi connectivity index (χ3v) is 6.27. The number of methoxy groups -OCH3 is 4. The molecule has 8 nitrogen and oxygen atoms in total. The molecule has 3 aromatic rings. The van der Waals surface area contributed by atoms with Crippen molar-refractivity contribution in [2.24, 2.45) is 4.99 Å². The molecule has 37 heavy (non-hydrogen) atoms. The Balaban J connectivity index is 2.06. The fourth-order valence-electron chi connectivity index (χ4n) is 3.59. The van der Waals surface area contributed by atoms with E-state index in [0.29, 0.717) is 23.9 Å². The van der Waals surface area contributed by atoms with Gasteiger partial charge in [0.05, 0.1) is 45.3 Å². The van der Waals surface area contributed by atoms with Gasteiger partial charge in [-0.3, -0.25) is 0 Å². The first-order valence-corrected chi connectivity index (χ1v) is 12.6. The van der Waals surface area contributed by atoms with Gasteiger partial charge in [-0.2, -0.15) is 0 Å². The van der Waals surface area contributed by atoms with Crippen LogP contribution >= 0.6 is 11.8 Å². The molecule has 0 saturated carbocycles. The number of aliphatic imine (C=N–C) groups is 1. The minimum Gasteiger partial charge on any atom is -0.497 e. The van der Waals surface area contributed by atoms with Crippen molar-refractivity contribution in [3.05, 3.63) is 89.0 Å². The third kappa shape index (κ3) is 7.27. The lowest BCUT2D eigenvalue weighted by Crippen LogP contribution is -2.28. The van der Waals surface area contributed by atoms with Gasteiger partial charge in [-0.15, -0.1) is 0 Å². The highest BCUT2D eigenvalue weighted by molar-refractivity contribution is 8.13. The van der Waals surface area contributed by atoms with Crippen LogP contribution in [0.15, 0.2) is 71.7 Å². The SMILES string of the molecule is COC(=O)c1ccc(C(=O)OC)c(N=C(SC)N(Cc2ccc(OC)cc2)Cc2ccc(OC)cc2)c1. The molecule has 0 aliphatic rings. The van der Waals surface area contributed by atoms with Gasteiger partial charge in [-0.05, 0) is 59.8 Å². The maximum absolute atomic E-state index is 12.5. The molecule has 9 heteroatoms. The predicted molar refractivity (Wildman–Crippen MR) is 145 cm³/mol. The van der Waals surface area contributed by atoms with Crippen LogP contribution in [-0.4, -0.2) is 56.7 Å². The second-order valence-electron chi connectivity index (χ2n) is 7.87. The number of nitrogens with zero attached hydrogens (tertiary/aromatic N) is 2. The zero-order valence-corrected chi connectivity index (χ0v) is 22.3. The molecule has 0 radical (unpaired) electrons. The van der Waals surface area contributed by atoms with Crippen LogP contribution in [0.2, 0.25) is 0 Å². The molecule has 0 aliphatic carbocycles. The molecule has 0 atom stereocenters. The van der Waals surface area contributed by atoms with Crippen LogP contribution in [0.3, 0.4) is 0 Å². The molecule has 194 valence electrons. The summed E-state index contributed by atoms with van der Waals surface area (Å²) in [6.07, 6.45) is 1.91. The van der Waals surface area contributed by atoms with E-state index in [0.717, 1.165) is 22.6 Å². The highest BCUT2D eigenvalue weighted by Gasteiger charge is 2.19. The second kappa shape index (κ2) is 13.4. The summed E-state index contributed by atoms with van der Waals surface area (Å²) in [6.45, 7) is 1.08. The summed E-state index contributed by atoms with van der Waals surface area (Å²) >= 11 is 1.43. The van der Waals surface area contributed by atoms with E-state index in [4.69, 9.17) is 23.9 Å². The standard InChI is InChI=1S/C28H30N2O6S/c1-33-22-11-6-19(7-12-22)17-30(18-20-8-13-23(34-2)14-9-20)28(37-5)29-25-16-21(26(31)35-3)10-15-24(25)27(32)36-4/h6-16H,17-18H2,1-5H3. The van der Waals surface area contributed by atoms with Gasteiger partial charge in [0.2, 0.25) is 0 Å². The number of hydrogen-bond donors (Lipinski definition) is 0. The fraction of sp³-hybridized carbons (Fsp3) is 0.250. The van der Waals surface area contributed by atoms with Crippen molar-refractivity contribution in [3.63, 3.8) is 0 Å². The molecule has 0 bridgehead atoms. The largest absolute Gasteiger partial charge is 0.497 e. The summed E-state index contributed by atoms with van der Waals surface area (Å²) in [5, 5.41) is 0.652. The second-order valence-corrected chi connectivity index (χ2v) is 8.64. The van der Waals surface area contributed by atoms with Gasteiger partial charge >= 0.3 is 11.9 Å². The molecule has 0 aromatic heterocycles. The van der Waals surface area contributed by atoms with Crippen molar-refractivity contribution in [2.75, 3.05) is 34.7 Å². The maximum Gasteiger partial charge on any atom is 0.340 e. The van der Waals surface area contributed by atoms with Crippen molar-refractivity contribution in [1.29, 1.82) is 0 Å². The Bertz CT molecular complexity index is 1190. The summed E-state index contributed by atoms with van der Waals surface area (Å²) < 4.78 is 20.4. The Kier molecular flexibility index (Phi) is 9.97. The smallest absolute Gasteiger partial charge is 0.340 e. The molecule has 0 saturated heterocycles. The normalized spacial score (nSPS) is 11.0. The van der Waals surface area contributed by atoms with Gasteiger partial charge in [0, 0.05) is 13.1 Å². The summed E-state index contributed by atoms with van der Waals surface area (Å²) in [7, 11) is 5.87. The number of hydrogen-bond acceptors (Lipinski definition) is 8. The van der Waals surface area contributed by atoms with E-state index in [1.165, 1.54) is 44.2 Å². The Morgan fingerprint density at radius 3 is 1.70 bits per heavy atom. The summed E-state index contributed by atoms with van der Waals surface area (Å²) in [5.41, 5.74) is 2.94. The molecule has 0 N–H and O–H groups in total. The van der Waals surface area contributed by atoms with Crippen molar-refractivity contribution in [3.8, 4) is 11.5 Å². The average Bonchev–Trinajstić information content (AvgIpc) is 2.95. The first-order chi connectivity index (χ1) is 17.9. The van der Waals surface area contributed by atoms with Crippen LogP contribution in [0, 0.1) is 0 Å². The molecule has 0 aliphatic heterocycles. The lowest BCUT2D eigenvalue weighted by molar-refractivity contribution is 0.0587. The molecule has 0 amide bonds. The molecular formula is C28H30N2O6S. The van der Waals surface area contributed by atoms with Crippen LogP contribution in [0.1, 0.15) is 31.8 Å². The number of rotatable bonds is 9. The van der Waals surface area contributed by atoms with E-state index >= 15 is 0 Å². The zero-order valence-electron chi connectivity index (χ0n) is 21.5. The molecular weight excluding hydrogens is 492 g/mol. The minimum absolute atomic E-state index is 0.246. The number of esters is 2. The Hall–Kier alpha value is -3.98. The first-order valence-electron chi connectivity index (χ1n) is 11.4. The van der Waals surface area contributed by atoms with Crippen molar-refractivity contribution in [2.45, 2.75) is 13.1 Å². The first kappa shape index (κ1) is 27.6. The van der Waals surface area contributed by atoms with E-state index in [1.807, 2.05) is 54.8 Å². The van der Waals surface area contributed by atoms with Crippen LogP contribution in [0.4, 0.5) is 5.69 Å². The number of benzene rings is 3. The summed E-state index contributed by atoms with van der Waals surface area (Å²) in [5.74, 6) is 0.470. The Morgan fingerprint density at radius 2 is 1.27 bits per heavy atom. The van der Waals surface area contributed by atoms with Crippen LogP contribution in [-0.2, 0) is 22.6 Å². The molecule has 0 fully saturated rings. The van der Waals surface area contributed by atoms with Crippen molar-refractivity contribution < 1.29 is 28.5 Å². The topological polar surface area (TPSA) is 86.7 Å². The van der Waals surface area contributed by atoms with Gasteiger partial charge in [0.25, 0.3) is 0 Å². The lowest BCUT2D eigenvalue weighted by Gasteiger charge is -2.26. The third-order valence-electron chi connectivity index (χ3n) is 5.56. The quantitative estimate of drug-likeness (QED) is 0.212. The summed E-state index contributed by atoms with van der Waals surface area (Å²) in [6, 6.07) is 20.2. The van der Waals surface area contributed by atoms with Gasteiger partial charge in [-0.25, -0.2) is 14.6 Å². The highest BCUT2D eigenvalue weighted by Crippen LogP contribution is 2.27. The maximum atomic E-state index is 12.5. The van der Waals surface area contributed by atoms with Crippen LogP contribution in [0.25, 0.3) is 0 Å². The van der Waals surface area contributed by atoms with E-state index in [-0.39, 0.29) is 11.1 Å². The molecule has 3 rings (SSSR count). The number of carbonyl (C=O) groups is 2. The average molecular weight is 523 g/mol. The highest BCUT2D eigenvalue weighted by atomic mass is 32.2. The van der Waals surface area contributed by atoms with Gasteiger partial charge in [-0.1, -0.05) is 36.0 Å². The predicted octanol–water partition coefficient (Wildman–Crippen LogP) is 5.33. The van der Waals surface area contributed by atoms with Crippen LogP contribution in [0.5, 0.6) is 11.5 Å². The van der Waals surface area contributed by atoms with E-state index in [1.54, 1.807) is 14.2 Å². The summed E-state index contributed by atoms with van der Waals surface area (Å²) in [4.78, 5) is 31.6. The number of amidine groups is 1. The van der Waals surface area contributed by atoms with Crippen LogP contribution < -0.4 is 9.47 Å². The van der Waals surface area contributed by atoms with Gasteiger partial charge in [0.15, 0.2) is 5.17 Å². The number of carbonyl (C=O) groups excluding carboxylic acids is 2. The van der Waals surface area contributed by atoms with Crippen molar-refractivity contribution in [1.82, 2.24) is 4.90 Å². The van der Waals surface area contributed by atoms with Gasteiger partial charge in [0.1, 0.15) is 11.5 Å². The van der Waals surface area contributed by atoms with Gasteiger partial charge < -0.3 is 23.8 Å². The van der Waals surface area contributed by atoms with E-state index in [2.05, 4.69) is 4.90 Å². The lowest BCUT2D eigenvalue weighted by atomic mass is 10.1. The molecule has 3 aromatic carbocycles. The molecule has 0 spiro atoms. The minimum atomic E-state index is -0.549. The zero-order chi connectivity index (χ0) is 26.8. The van der Waals surface area contributed by atoms with E-state index < -0.39 is 11.9 Å². The Labute approximate surface area is 221 Å². The fourth-order valence-corrected chi connectivity index (χ4v) is 4.17.